The van der Waals surface area contributed by atoms with Crippen LogP contribution in [0.25, 0.3) is 0 Å². The predicted molar refractivity (Wildman–Crippen MR) is 93.2 cm³/mol. The van der Waals surface area contributed by atoms with Crippen LogP contribution in [0.3, 0.4) is 0 Å². The Morgan fingerprint density at radius 2 is 1.38 bits per heavy atom. The Labute approximate surface area is 147 Å². The number of carbonyl (C=O) groups is 3. The maximum Gasteiger partial charge on any atom is 0.223 e. The summed E-state index contributed by atoms with van der Waals surface area (Å²) in [4.78, 5) is 39.6. The maximum atomic E-state index is 12.2. The van der Waals surface area contributed by atoms with Crippen molar-refractivity contribution in [3.05, 3.63) is 35.4 Å². The number of amides is 2. The van der Waals surface area contributed by atoms with Crippen LogP contribution in [0, 0.1) is 6.92 Å². The molecule has 0 spiro atoms. The molecule has 6 heteroatoms. The summed E-state index contributed by atoms with van der Waals surface area (Å²) in [6.45, 7) is 4.08. The Hall–Kier alpha value is -1.88. The van der Waals surface area contributed by atoms with Crippen molar-refractivity contribution < 1.29 is 14.4 Å². The molecule has 0 N–H and O–H groups in total. The molecule has 0 aliphatic carbocycles. The van der Waals surface area contributed by atoms with E-state index in [1.54, 1.807) is 21.9 Å². The summed E-state index contributed by atoms with van der Waals surface area (Å²) in [6, 6.07) is 7.38. The molecular formula is C18H23ClN2O3. The Morgan fingerprint density at radius 3 is 1.88 bits per heavy atom. The van der Waals surface area contributed by atoms with E-state index in [0.717, 1.165) is 5.56 Å². The molecule has 1 aromatic carbocycles. The second-order valence-corrected chi connectivity index (χ2v) is 6.37. The lowest BCUT2D eigenvalue weighted by Crippen LogP contribution is -2.50. The van der Waals surface area contributed by atoms with Gasteiger partial charge in [-0.3, -0.25) is 14.4 Å². The van der Waals surface area contributed by atoms with Crippen LogP contribution in [0.1, 0.15) is 35.2 Å². The van der Waals surface area contributed by atoms with Gasteiger partial charge < -0.3 is 9.80 Å². The van der Waals surface area contributed by atoms with E-state index in [9.17, 15) is 14.4 Å². The predicted octanol–water partition coefficient (Wildman–Crippen LogP) is 2.26. The summed E-state index contributed by atoms with van der Waals surface area (Å²) in [5, 5.41) is 0. The van der Waals surface area contributed by atoms with Gasteiger partial charge in [0, 0.05) is 56.9 Å². The SMILES string of the molecule is Cc1ccc(C(=O)CCC(=O)N2CCN(C(=O)CCCl)CC2)cc1. The Morgan fingerprint density at radius 1 is 0.875 bits per heavy atom. The Balaban J connectivity index is 1.76. The van der Waals surface area contributed by atoms with Gasteiger partial charge in [0.05, 0.1) is 0 Å². The van der Waals surface area contributed by atoms with E-state index >= 15 is 0 Å². The number of rotatable bonds is 6. The zero-order chi connectivity index (χ0) is 17.5. The van der Waals surface area contributed by atoms with Gasteiger partial charge in [-0.15, -0.1) is 11.6 Å². The minimum Gasteiger partial charge on any atom is -0.339 e. The number of piperazine rings is 1. The van der Waals surface area contributed by atoms with Crippen LogP contribution in [0.15, 0.2) is 24.3 Å². The largest absolute Gasteiger partial charge is 0.339 e. The number of ketones is 1. The first-order chi connectivity index (χ1) is 11.5. The molecule has 1 aliphatic rings. The topological polar surface area (TPSA) is 57.7 Å². The third-order valence-corrected chi connectivity index (χ3v) is 4.42. The van der Waals surface area contributed by atoms with Gasteiger partial charge in [-0.1, -0.05) is 29.8 Å². The summed E-state index contributed by atoms with van der Waals surface area (Å²) < 4.78 is 0. The highest BCUT2D eigenvalue weighted by atomic mass is 35.5. The molecule has 0 bridgehead atoms. The molecular weight excluding hydrogens is 328 g/mol. The third kappa shape index (κ3) is 5.06. The average molecular weight is 351 g/mol. The summed E-state index contributed by atoms with van der Waals surface area (Å²) in [5.74, 6) is 0.310. The van der Waals surface area contributed by atoms with Gasteiger partial charge in [-0.25, -0.2) is 0 Å². The van der Waals surface area contributed by atoms with Gasteiger partial charge in [-0.05, 0) is 6.92 Å². The highest BCUT2D eigenvalue weighted by molar-refractivity contribution is 6.18. The van der Waals surface area contributed by atoms with Gasteiger partial charge in [0.2, 0.25) is 11.8 Å². The monoisotopic (exact) mass is 350 g/mol. The zero-order valence-corrected chi connectivity index (χ0v) is 14.7. The minimum atomic E-state index is -0.0279. The number of carbonyl (C=O) groups excluding carboxylic acids is 3. The fraction of sp³-hybridized carbons (Fsp3) is 0.500. The quantitative estimate of drug-likeness (QED) is 0.584. The van der Waals surface area contributed by atoms with Crippen molar-refractivity contribution in [3.8, 4) is 0 Å². The van der Waals surface area contributed by atoms with Crippen LogP contribution in [0.5, 0.6) is 0 Å². The fourth-order valence-corrected chi connectivity index (χ4v) is 2.87. The molecule has 0 unspecified atom stereocenters. The molecule has 0 aromatic heterocycles. The smallest absolute Gasteiger partial charge is 0.223 e. The zero-order valence-electron chi connectivity index (χ0n) is 14.0. The number of hydrogen-bond acceptors (Lipinski definition) is 3. The second-order valence-electron chi connectivity index (χ2n) is 5.99. The highest BCUT2D eigenvalue weighted by Crippen LogP contribution is 2.11. The molecule has 1 heterocycles. The van der Waals surface area contributed by atoms with E-state index < -0.39 is 0 Å². The molecule has 0 saturated carbocycles. The molecule has 24 heavy (non-hydrogen) atoms. The molecule has 2 amide bonds. The normalized spacial score (nSPS) is 14.6. The number of benzene rings is 1. The Bertz CT molecular complexity index is 593. The summed E-state index contributed by atoms with van der Waals surface area (Å²) >= 11 is 5.58. The summed E-state index contributed by atoms with van der Waals surface area (Å²) in [7, 11) is 0. The lowest BCUT2D eigenvalue weighted by molar-refractivity contribution is -0.139. The first kappa shape index (κ1) is 18.5. The standard InChI is InChI=1S/C18H23ClN2O3/c1-14-2-4-15(5-3-14)16(22)6-7-17(23)20-10-12-21(13-11-20)18(24)8-9-19/h2-5H,6-13H2,1H3. The van der Waals surface area contributed by atoms with Crippen molar-refractivity contribution in [2.45, 2.75) is 26.2 Å². The lowest BCUT2D eigenvalue weighted by atomic mass is 10.0. The minimum absolute atomic E-state index is 0.0146. The van der Waals surface area contributed by atoms with Gasteiger partial charge in [0.25, 0.3) is 0 Å². The van der Waals surface area contributed by atoms with Crippen LogP contribution in [0.2, 0.25) is 0 Å². The van der Waals surface area contributed by atoms with Crippen molar-refractivity contribution >= 4 is 29.2 Å². The van der Waals surface area contributed by atoms with Crippen LogP contribution in [0.4, 0.5) is 0 Å². The molecule has 1 aromatic rings. The first-order valence-corrected chi connectivity index (χ1v) is 8.76. The van der Waals surface area contributed by atoms with E-state index in [4.69, 9.17) is 11.6 Å². The lowest BCUT2D eigenvalue weighted by Gasteiger charge is -2.34. The average Bonchev–Trinajstić information content (AvgIpc) is 2.60. The van der Waals surface area contributed by atoms with E-state index in [1.807, 2.05) is 19.1 Å². The number of Topliss-reactive ketones (excluding diaryl/α,β-unsaturated/α-hetero) is 1. The van der Waals surface area contributed by atoms with E-state index in [0.29, 0.717) is 44.0 Å². The van der Waals surface area contributed by atoms with Crippen molar-refractivity contribution in [2.75, 3.05) is 32.1 Å². The highest BCUT2D eigenvalue weighted by Gasteiger charge is 2.24. The van der Waals surface area contributed by atoms with Gasteiger partial charge >= 0.3 is 0 Å². The molecule has 0 radical (unpaired) electrons. The van der Waals surface area contributed by atoms with Gasteiger partial charge in [0.1, 0.15) is 0 Å². The third-order valence-electron chi connectivity index (χ3n) is 4.23. The second kappa shape index (κ2) is 8.83. The molecule has 1 aliphatic heterocycles. The number of alkyl halides is 1. The van der Waals surface area contributed by atoms with Crippen molar-refractivity contribution in [2.24, 2.45) is 0 Å². The summed E-state index contributed by atoms with van der Waals surface area (Å²) in [6.07, 6.45) is 0.760. The number of aryl methyl sites for hydroxylation is 1. The molecule has 0 atom stereocenters. The molecule has 1 saturated heterocycles. The van der Waals surface area contributed by atoms with Gasteiger partial charge in [0.15, 0.2) is 5.78 Å². The van der Waals surface area contributed by atoms with Crippen molar-refractivity contribution in [3.63, 3.8) is 0 Å². The van der Waals surface area contributed by atoms with Crippen LogP contribution in [-0.2, 0) is 9.59 Å². The molecule has 2 rings (SSSR count). The van der Waals surface area contributed by atoms with Crippen LogP contribution in [-0.4, -0.2) is 59.5 Å². The first-order valence-electron chi connectivity index (χ1n) is 8.22. The van der Waals surface area contributed by atoms with Gasteiger partial charge in [-0.2, -0.15) is 0 Å². The van der Waals surface area contributed by atoms with E-state index in [1.165, 1.54) is 0 Å². The molecule has 5 nitrogen and oxygen atoms in total. The summed E-state index contributed by atoms with van der Waals surface area (Å²) in [5.41, 5.74) is 1.74. The maximum absolute atomic E-state index is 12.2. The van der Waals surface area contributed by atoms with E-state index in [2.05, 4.69) is 0 Å². The Kier molecular flexibility index (Phi) is 6.79. The van der Waals surface area contributed by atoms with Crippen LogP contribution >= 0.6 is 11.6 Å². The number of nitrogens with zero attached hydrogens (tertiary/aromatic N) is 2. The fourth-order valence-electron chi connectivity index (χ4n) is 2.71. The van der Waals surface area contributed by atoms with Crippen molar-refractivity contribution in [1.82, 2.24) is 9.80 Å². The van der Waals surface area contributed by atoms with Crippen LogP contribution < -0.4 is 0 Å². The number of halogens is 1. The molecule has 130 valence electrons. The number of hydrogen-bond donors (Lipinski definition) is 0. The van der Waals surface area contributed by atoms with E-state index in [-0.39, 0.29) is 30.4 Å². The molecule has 1 fully saturated rings. The van der Waals surface area contributed by atoms with Crippen molar-refractivity contribution in [1.29, 1.82) is 0 Å².